The lowest BCUT2D eigenvalue weighted by Gasteiger charge is -2.66. The second-order valence-corrected chi connectivity index (χ2v) is 12.7. The summed E-state index contributed by atoms with van der Waals surface area (Å²) >= 11 is 0. The van der Waals surface area contributed by atoms with Crippen molar-refractivity contribution in [2.75, 3.05) is 0 Å². The van der Waals surface area contributed by atoms with Crippen molar-refractivity contribution in [2.24, 2.45) is 35.5 Å². The lowest BCUT2D eigenvalue weighted by molar-refractivity contribution is -0.193. The van der Waals surface area contributed by atoms with Gasteiger partial charge in [0.25, 0.3) is 0 Å². The zero-order valence-electron chi connectivity index (χ0n) is 18.2. The van der Waals surface area contributed by atoms with Gasteiger partial charge in [-0.15, -0.1) is 0 Å². The first-order valence-electron chi connectivity index (χ1n) is 11.8. The van der Waals surface area contributed by atoms with Crippen LogP contribution in [0.15, 0.2) is 0 Å². The third kappa shape index (κ3) is 2.19. The van der Waals surface area contributed by atoms with E-state index in [1.54, 1.807) is 0 Å². The predicted molar refractivity (Wildman–Crippen MR) is 109 cm³/mol. The molecule has 6 bridgehead atoms. The number of fused-ring (bicyclic) bond motifs is 6. The van der Waals surface area contributed by atoms with Crippen LogP contribution in [0.1, 0.15) is 73.6 Å². The fourth-order valence-electron chi connectivity index (χ4n) is 9.12. The van der Waals surface area contributed by atoms with Crippen LogP contribution < -0.4 is 10.9 Å². The second-order valence-electron chi connectivity index (χ2n) is 12.7. The normalized spacial score (nSPS) is 54.4. The minimum absolute atomic E-state index is 0.238. The molecule has 4 saturated heterocycles. The van der Waals surface area contributed by atoms with Crippen molar-refractivity contribution in [2.45, 2.75) is 109 Å². The van der Waals surface area contributed by atoms with E-state index in [1.807, 2.05) is 0 Å². The van der Waals surface area contributed by atoms with Gasteiger partial charge in [0.2, 0.25) is 0 Å². The maximum absolute atomic E-state index is 4.03. The standard InChI is InChI=1S/C23H40N4/c1-22(2,3)26-16-9-7-14(24-26)18-13-11-12(20(16)18)19-15-8-10-17(21(13)19)27(25-15)23(4,5)6/h12-21,24-25H,7-11H2,1-6H3/t12-,13-,14+,15+,16-,17-,18-,19-,20+,21+/m0/s1. The van der Waals surface area contributed by atoms with Gasteiger partial charge in [0.1, 0.15) is 0 Å². The molecule has 0 radical (unpaired) electrons. The molecule has 4 heterocycles. The zero-order valence-corrected chi connectivity index (χ0v) is 18.2. The van der Waals surface area contributed by atoms with Crippen LogP contribution in [-0.2, 0) is 0 Å². The summed E-state index contributed by atoms with van der Waals surface area (Å²) in [7, 11) is 0. The van der Waals surface area contributed by atoms with E-state index in [0.29, 0.717) is 0 Å². The van der Waals surface area contributed by atoms with Gasteiger partial charge in [-0.25, -0.2) is 10.0 Å². The summed E-state index contributed by atoms with van der Waals surface area (Å²) in [5.74, 6) is 5.78. The van der Waals surface area contributed by atoms with E-state index in [9.17, 15) is 0 Å². The van der Waals surface area contributed by atoms with Gasteiger partial charge in [-0.2, -0.15) is 0 Å². The molecule has 4 aliphatic carbocycles. The Morgan fingerprint density at radius 3 is 1.37 bits per heavy atom. The molecule has 152 valence electrons. The third-order valence-corrected chi connectivity index (χ3v) is 9.49. The molecule has 4 heteroatoms. The van der Waals surface area contributed by atoms with Gasteiger partial charge in [0.15, 0.2) is 0 Å². The molecule has 0 amide bonds. The molecule has 0 aromatic heterocycles. The Bertz CT molecular complexity index is 579. The van der Waals surface area contributed by atoms with Crippen molar-refractivity contribution >= 4 is 0 Å². The first-order valence-corrected chi connectivity index (χ1v) is 11.8. The SMILES string of the molecule is CC(C)(C)N1N[C@@H]2CC[C@H]1[C@H]1[C@H]3C[C@@H]([C@H]12)[C@H]1[C@@H]3[C@H]2CC[C@@H]1N(C(C)(C)C)N2. The number of hydrogen-bond donors (Lipinski definition) is 2. The molecule has 2 N–H and O–H groups in total. The van der Waals surface area contributed by atoms with E-state index < -0.39 is 0 Å². The predicted octanol–water partition coefficient (Wildman–Crippen LogP) is 3.40. The fourth-order valence-corrected chi connectivity index (χ4v) is 9.12. The number of nitrogens with zero attached hydrogens (tertiary/aromatic N) is 2. The monoisotopic (exact) mass is 372 g/mol. The van der Waals surface area contributed by atoms with Crippen LogP contribution >= 0.6 is 0 Å². The molecule has 10 atom stereocenters. The van der Waals surface area contributed by atoms with E-state index in [4.69, 9.17) is 0 Å². The maximum Gasteiger partial charge on any atom is 0.0284 e. The lowest BCUT2D eigenvalue weighted by Crippen LogP contribution is -2.77. The highest BCUT2D eigenvalue weighted by atomic mass is 15.6. The molecule has 27 heavy (non-hydrogen) atoms. The second kappa shape index (κ2) is 5.30. The molecule has 0 spiro atoms. The summed E-state index contributed by atoms with van der Waals surface area (Å²) in [5, 5.41) is 5.38. The van der Waals surface area contributed by atoms with Crippen molar-refractivity contribution < 1.29 is 0 Å². The number of nitrogens with one attached hydrogen (secondary N) is 2. The minimum atomic E-state index is 0.238. The van der Waals surface area contributed by atoms with Gasteiger partial charge in [0, 0.05) is 35.2 Å². The molecule has 0 unspecified atom stereocenters. The largest absolute Gasteiger partial charge is 0.251 e. The van der Waals surface area contributed by atoms with E-state index in [0.717, 1.165) is 59.7 Å². The van der Waals surface area contributed by atoms with Crippen LogP contribution in [-0.4, -0.2) is 45.3 Å². The molecule has 0 aromatic carbocycles. The van der Waals surface area contributed by atoms with Crippen molar-refractivity contribution in [3.05, 3.63) is 0 Å². The van der Waals surface area contributed by atoms with Gasteiger partial charge in [-0.1, -0.05) is 0 Å². The summed E-state index contributed by atoms with van der Waals surface area (Å²) in [5.41, 5.74) is 8.55. The summed E-state index contributed by atoms with van der Waals surface area (Å²) in [6.45, 7) is 14.4. The molecule has 4 aliphatic heterocycles. The Balaban J connectivity index is 1.35. The molecular formula is C23H40N4. The quantitative estimate of drug-likeness (QED) is 0.682. The molecule has 4 nitrogen and oxygen atoms in total. The first kappa shape index (κ1) is 17.7. The van der Waals surface area contributed by atoms with Crippen LogP contribution in [0, 0.1) is 35.5 Å². The van der Waals surface area contributed by atoms with Crippen molar-refractivity contribution in [3.63, 3.8) is 0 Å². The maximum atomic E-state index is 4.03. The molecule has 8 fully saturated rings. The van der Waals surface area contributed by atoms with Gasteiger partial charge in [-0.3, -0.25) is 10.9 Å². The van der Waals surface area contributed by atoms with Gasteiger partial charge in [0.05, 0.1) is 0 Å². The van der Waals surface area contributed by atoms with E-state index in [-0.39, 0.29) is 11.1 Å². The molecule has 4 saturated carbocycles. The molecule has 0 aromatic rings. The van der Waals surface area contributed by atoms with Crippen LogP contribution in [0.25, 0.3) is 0 Å². The third-order valence-electron chi connectivity index (χ3n) is 9.49. The Morgan fingerprint density at radius 1 is 0.593 bits per heavy atom. The number of hydrazine groups is 2. The van der Waals surface area contributed by atoms with Gasteiger partial charge in [-0.05, 0) is 109 Å². The van der Waals surface area contributed by atoms with Crippen LogP contribution in [0.2, 0.25) is 0 Å². The topological polar surface area (TPSA) is 30.5 Å². The Morgan fingerprint density at radius 2 is 1.00 bits per heavy atom. The highest BCUT2D eigenvalue weighted by Crippen LogP contribution is 2.68. The summed E-state index contributed by atoms with van der Waals surface area (Å²) in [6.07, 6.45) is 7.20. The lowest BCUT2D eigenvalue weighted by atomic mass is 9.53. The highest BCUT2D eigenvalue weighted by molar-refractivity contribution is 5.21. The average molecular weight is 373 g/mol. The van der Waals surface area contributed by atoms with Gasteiger partial charge >= 0.3 is 0 Å². The Kier molecular flexibility index (Phi) is 3.47. The fraction of sp³-hybridized carbons (Fsp3) is 1.00. The molecule has 8 rings (SSSR count). The summed E-state index contributed by atoms with van der Waals surface area (Å²) in [4.78, 5) is 0. The Labute approximate surface area is 165 Å². The smallest absolute Gasteiger partial charge is 0.0284 e. The van der Waals surface area contributed by atoms with Crippen molar-refractivity contribution in [3.8, 4) is 0 Å². The van der Waals surface area contributed by atoms with Gasteiger partial charge < -0.3 is 0 Å². The number of hydrogen-bond acceptors (Lipinski definition) is 4. The van der Waals surface area contributed by atoms with Crippen LogP contribution in [0.4, 0.5) is 0 Å². The minimum Gasteiger partial charge on any atom is -0.251 e. The molecular weight excluding hydrogens is 332 g/mol. The van der Waals surface area contributed by atoms with E-state index in [1.165, 1.54) is 32.1 Å². The number of rotatable bonds is 0. The van der Waals surface area contributed by atoms with E-state index >= 15 is 0 Å². The zero-order chi connectivity index (χ0) is 18.9. The summed E-state index contributed by atoms with van der Waals surface area (Å²) < 4.78 is 0. The molecule has 8 aliphatic rings. The highest BCUT2D eigenvalue weighted by Gasteiger charge is 2.70. The Hall–Kier alpha value is -0.160. The van der Waals surface area contributed by atoms with Crippen molar-refractivity contribution in [1.82, 2.24) is 20.9 Å². The first-order chi connectivity index (χ1) is 12.7. The van der Waals surface area contributed by atoms with Crippen LogP contribution in [0.5, 0.6) is 0 Å². The summed E-state index contributed by atoms with van der Waals surface area (Å²) in [6, 6.07) is 3.03. The van der Waals surface area contributed by atoms with Crippen LogP contribution in [0.3, 0.4) is 0 Å². The van der Waals surface area contributed by atoms with E-state index in [2.05, 4.69) is 62.4 Å². The average Bonchev–Trinajstić information content (AvgIpc) is 3.21. The van der Waals surface area contributed by atoms with Crippen molar-refractivity contribution in [1.29, 1.82) is 0 Å².